The highest BCUT2D eigenvalue weighted by Gasteiger charge is 2.29. The van der Waals surface area contributed by atoms with Crippen molar-refractivity contribution in [1.82, 2.24) is 10.5 Å². The minimum absolute atomic E-state index is 0.149. The Hall–Kier alpha value is -2.50. The summed E-state index contributed by atoms with van der Waals surface area (Å²) in [6.07, 6.45) is 2.23. The van der Waals surface area contributed by atoms with Gasteiger partial charge in [0.25, 0.3) is 5.91 Å². The predicted octanol–water partition coefficient (Wildman–Crippen LogP) is 3.45. The third kappa shape index (κ3) is 3.34. The summed E-state index contributed by atoms with van der Waals surface area (Å²) >= 11 is 0. The molecule has 1 atom stereocenters. The molecule has 4 rings (SSSR count). The van der Waals surface area contributed by atoms with E-state index in [1.807, 2.05) is 18.2 Å². The van der Waals surface area contributed by atoms with E-state index in [-0.39, 0.29) is 17.9 Å². The third-order valence-electron chi connectivity index (χ3n) is 4.62. The summed E-state index contributed by atoms with van der Waals surface area (Å²) < 4.78 is 16.5. The van der Waals surface area contributed by atoms with Crippen LogP contribution in [0.1, 0.15) is 60.5 Å². The number of ether oxygens (including phenoxy) is 2. The van der Waals surface area contributed by atoms with Gasteiger partial charge in [0.15, 0.2) is 17.2 Å². The fraction of sp³-hybridized carbons (Fsp3) is 0.474. The van der Waals surface area contributed by atoms with Crippen LogP contribution in [0.3, 0.4) is 0 Å². The van der Waals surface area contributed by atoms with Gasteiger partial charge in [0, 0.05) is 12.0 Å². The van der Waals surface area contributed by atoms with Crippen LogP contribution < -0.4 is 14.8 Å². The van der Waals surface area contributed by atoms with Crippen LogP contribution in [0, 0.1) is 5.92 Å². The van der Waals surface area contributed by atoms with Gasteiger partial charge < -0.3 is 19.3 Å². The van der Waals surface area contributed by atoms with Gasteiger partial charge in [0.1, 0.15) is 19.0 Å². The summed E-state index contributed by atoms with van der Waals surface area (Å²) in [4.78, 5) is 12.6. The minimum Gasteiger partial charge on any atom is -0.486 e. The number of aromatic nitrogens is 1. The molecule has 2 aliphatic rings. The highest BCUT2D eigenvalue weighted by molar-refractivity contribution is 5.92. The molecular formula is C19H22N2O4. The molecule has 25 heavy (non-hydrogen) atoms. The number of nitrogens with one attached hydrogen (secondary N) is 1. The van der Waals surface area contributed by atoms with Gasteiger partial charge in [-0.15, -0.1) is 0 Å². The highest BCUT2D eigenvalue weighted by atomic mass is 16.6. The summed E-state index contributed by atoms with van der Waals surface area (Å²) in [7, 11) is 0. The van der Waals surface area contributed by atoms with Crippen molar-refractivity contribution in [3.05, 3.63) is 41.3 Å². The number of hydrogen-bond donors (Lipinski definition) is 1. The summed E-state index contributed by atoms with van der Waals surface area (Å²) in [5.74, 6) is 2.71. The smallest absolute Gasteiger partial charge is 0.273 e. The number of carbonyl (C=O) groups is 1. The first-order valence-corrected chi connectivity index (χ1v) is 8.79. The number of carbonyl (C=O) groups excluding carboxylic acids is 1. The van der Waals surface area contributed by atoms with Gasteiger partial charge in [-0.05, 0) is 36.5 Å². The van der Waals surface area contributed by atoms with Gasteiger partial charge in [-0.2, -0.15) is 0 Å². The first kappa shape index (κ1) is 16.0. The molecule has 1 fully saturated rings. The molecule has 6 nitrogen and oxygen atoms in total. The van der Waals surface area contributed by atoms with E-state index in [0.717, 1.165) is 35.7 Å². The van der Waals surface area contributed by atoms with Crippen LogP contribution in [0.25, 0.3) is 0 Å². The van der Waals surface area contributed by atoms with E-state index < -0.39 is 0 Å². The van der Waals surface area contributed by atoms with Gasteiger partial charge in [-0.3, -0.25) is 4.79 Å². The lowest BCUT2D eigenvalue weighted by atomic mass is 9.95. The van der Waals surface area contributed by atoms with E-state index in [2.05, 4.69) is 24.3 Å². The average molecular weight is 342 g/mol. The van der Waals surface area contributed by atoms with Crippen molar-refractivity contribution in [2.45, 2.75) is 38.6 Å². The third-order valence-corrected chi connectivity index (χ3v) is 4.62. The summed E-state index contributed by atoms with van der Waals surface area (Å²) in [5.41, 5.74) is 1.32. The Balaban J connectivity index is 1.53. The lowest BCUT2D eigenvalue weighted by molar-refractivity contribution is 0.0916. The quantitative estimate of drug-likeness (QED) is 0.901. The zero-order valence-electron chi connectivity index (χ0n) is 14.5. The van der Waals surface area contributed by atoms with Gasteiger partial charge in [-0.1, -0.05) is 25.1 Å². The van der Waals surface area contributed by atoms with Crippen LogP contribution in [0.2, 0.25) is 0 Å². The molecule has 0 bridgehead atoms. The normalized spacial score (nSPS) is 17.4. The van der Waals surface area contributed by atoms with E-state index in [4.69, 9.17) is 14.0 Å². The van der Waals surface area contributed by atoms with Crippen molar-refractivity contribution < 1.29 is 18.8 Å². The number of fused-ring (bicyclic) bond motifs is 1. The molecule has 0 radical (unpaired) electrons. The van der Waals surface area contributed by atoms with E-state index in [0.29, 0.717) is 24.8 Å². The fourth-order valence-electron chi connectivity index (χ4n) is 3.06. The Morgan fingerprint density at radius 3 is 2.64 bits per heavy atom. The van der Waals surface area contributed by atoms with E-state index in [9.17, 15) is 4.79 Å². The molecule has 1 amide bonds. The van der Waals surface area contributed by atoms with Gasteiger partial charge >= 0.3 is 0 Å². The van der Waals surface area contributed by atoms with E-state index >= 15 is 0 Å². The zero-order chi connectivity index (χ0) is 17.4. The molecule has 0 spiro atoms. The summed E-state index contributed by atoms with van der Waals surface area (Å²) in [6.45, 7) is 5.24. The van der Waals surface area contributed by atoms with Gasteiger partial charge in [0.2, 0.25) is 0 Å². The number of amides is 1. The molecule has 132 valence electrons. The molecule has 2 aromatic rings. The van der Waals surface area contributed by atoms with Gasteiger partial charge in [-0.25, -0.2) is 0 Å². The SMILES string of the molecule is CC(C)C(NC(=O)c1cc(C2CC2)on1)c1ccc2c(c1)OCCO2. The zero-order valence-corrected chi connectivity index (χ0v) is 14.5. The lowest BCUT2D eigenvalue weighted by Crippen LogP contribution is -2.32. The average Bonchev–Trinajstić information content (AvgIpc) is 3.35. The Morgan fingerprint density at radius 2 is 1.92 bits per heavy atom. The largest absolute Gasteiger partial charge is 0.486 e. The molecule has 1 aromatic heterocycles. The molecule has 1 unspecified atom stereocenters. The monoisotopic (exact) mass is 342 g/mol. The fourth-order valence-corrected chi connectivity index (χ4v) is 3.06. The maximum absolute atomic E-state index is 12.6. The van der Waals surface area contributed by atoms with Crippen molar-refractivity contribution in [3.63, 3.8) is 0 Å². The van der Waals surface area contributed by atoms with Crippen LogP contribution in [-0.4, -0.2) is 24.3 Å². The van der Waals surface area contributed by atoms with Crippen molar-refractivity contribution in [1.29, 1.82) is 0 Å². The van der Waals surface area contributed by atoms with Crippen LogP contribution >= 0.6 is 0 Å². The second-order valence-electron chi connectivity index (χ2n) is 6.99. The molecular weight excluding hydrogens is 320 g/mol. The topological polar surface area (TPSA) is 73.6 Å². The number of benzene rings is 1. The van der Waals surface area contributed by atoms with Crippen LogP contribution in [0.4, 0.5) is 0 Å². The Kier molecular flexibility index (Phi) is 4.11. The second-order valence-corrected chi connectivity index (χ2v) is 6.99. The molecule has 6 heteroatoms. The highest BCUT2D eigenvalue weighted by Crippen LogP contribution is 2.40. The Bertz CT molecular complexity index is 779. The van der Waals surface area contributed by atoms with Crippen LogP contribution in [0.5, 0.6) is 11.5 Å². The molecule has 1 aromatic carbocycles. The lowest BCUT2D eigenvalue weighted by Gasteiger charge is -2.25. The number of hydrogen-bond acceptors (Lipinski definition) is 5. The molecule has 1 saturated carbocycles. The standard InChI is InChI=1S/C19H22N2O4/c1-11(2)18(13-5-6-15-17(9-13)24-8-7-23-15)20-19(22)14-10-16(25-21-14)12-3-4-12/h5-6,9-12,18H,3-4,7-8H2,1-2H3,(H,20,22). The molecule has 1 aliphatic heterocycles. The predicted molar refractivity (Wildman–Crippen MR) is 91.0 cm³/mol. The molecule has 0 saturated heterocycles. The van der Waals surface area contributed by atoms with Gasteiger partial charge in [0.05, 0.1) is 6.04 Å². The van der Waals surface area contributed by atoms with Crippen LogP contribution in [0.15, 0.2) is 28.8 Å². The first-order chi connectivity index (χ1) is 12.1. The Morgan fingerprint density at radius 1 is 1.16 bits per heavy atom. The Labute approximate surface area is 146 Å². The van der Waals surface area contributed by atoms with Crippen molar-refractivity contribution in [3.8, 4) is 11.5 Å². The molecule has 2 heterocycles. The van der Waals surface area contributed by atoms with E-state index in [1.54, 1.807) is 6.07 Å². The number of nitrogens with zero attached hydrogens (tertiary/aromatic N) is 1. The van der Waals surface area contributed by atoms with Crippen molar-refractivity contribution in [2.75, 3.05) is 13.2 Å². The first-order valence-electron chi connectivity index (χ1n) is 8.79. The molecule has 1 aliphatic carbocycles. The summed E-state index contributed by atoms with van der Waals surface area (Å²) in [5, 5.41) is 6.99. The maximum Gasteiger partial charge on any atom is 0.273 e. The summed E-state index contributed by atoms with van der Waals surface area (Å²) in [6, 6.07) is 7.42. The van der Waals surface area contributed by atoms with Crippen molar-refractivity contribution >= 4 is 5.91 Å². The molecule has 1 N–H and O–H groups in total. The van der Waals surface area contributed by atoms with Crippen molar-refractivity contribution in [2.24, 2.45) is 5.92 Å². The van der Waals surface area contributed by atoms with Crippen LogP contribution in [-0.2, 0) is 0 Å². The maximum atomic E-state index is 12.6. The minimum atomic E-state index is -0.218. The second kappa shape index (κ2) is 6.43. The number of rotatable bonds is 5. The van der Waals surface area contributed by atoms with E-state index in [1.165, 1.54) is 0 Å².